The molecule has 2 atom stereocenters. The summed E-state index contributed by atoms with van der Waals surface area (Å²) in [6.45, 7) is 4.49. The molecule has 7 heteroatoms. The van der Waals surface area contributed by atoms with Gasteiger partial charge in [0.2, 0.25) is 0 Å². The topological polar surface area (TPSA) is 106 Å². The number of nitrogens with one attached hydrogen (secondary N) is 1. The molecule has 0 radical (unpaired) electrons. The molecule has 96 valence electrons. The first-order valence-electron chi connectivity index (χ1n) is 5.62. The van der Waals surface area contributed by atoms with E-state index in [2.05, 4.69) is 15.6 Å². The predicted octanol–water partition coefficient (Wildman–Crippen LogP) is -0.874. The summed E-state index contributed by atoms with van der Waals surface area (Å²) in [6.07, 6.45) is 1.61. The standard InChI is InChI=1S/C10H19N5O2/c1-7(5-8(2)16)12-10(17)9-6-15(4-3-11)14-13-9/h6-8,16H,3-5,11H2,1-2H3,(H,12,17). The number of carbonyl (C=O) groups is 1. The van der Waals surface area contributed by atoms with Gasteiger partial charge in [0, 0.05) is 12.6 Å². The Bertz CT molecular complexity index is 363. The van der Waals surface area contributed by atoms with Crippen LogP contribution >= 0.6 is 0 Å². The molecular formula is C10H19N5O2. The van der Waals surface area contributed by atoms with E-state index in [1.807, 2.05) is 6.92 Å². The molecule has 1 aromatic rings. The minimum absolute atomic E-state index is 0.109. The van der Waals surface area contributed by atoms with Gasteiger partial charge in [0.05, 0.1) is 18.8 Å². The second-order valence-electron chi connectivity index (χ2n) is 4.11. The minimum Gasteiger partial charge on any atom is -0.393 e. The fourth-order valence-electron chi connectivity index (χ4n) is 1.51. The van der Waals surface area contributed by atoms with E-state index in [1.165, 1.54) is 4.68 Å². The lowest BCUT2D eigenvalue weighted by atomic mass is 10.1. The maximum absolute atomic E-state index is 11.7. The lowest BCUT2D eigenvalue weighted by Crippen LogP contribution is -2.34. The number of aliphatic hydroxyl groups excluding tert-OH is 1. The van der Waals surface area contributed by atoms with E-state index in [4.69, 9.17) is 5.73 Å². The van der Waals surface area contributed by atoms with Crippen molar-refractivity contribution in [1.82, 2.24) is 20.3 Å². The molecule has 0 fully saturated rings. The molecule has 1 aromatic heterocycles. The second-order valence-corrected chi connectivity index (χ2v) is 4.11. The van der Waals surface area contributed by atoms with Crippen LogP contribution in [0.5, 0.6) is 0 Å². The maximum Gasteiger partial charge on any atom is 0.273 e. The van der Waals surface area contributed by atoms with E-state index in [0.29, 0.717) is 19.5 Å². The molecule has 0 aliphatic heterocycles. The Kier molecular flexibility index (Phi) is 5.05. The number of nitrogens with two attached hydrogens (primary N) is 1. The number of amides is 1. The molecule has 0 saturated heterocycles. The monoisotopic (exact) mass is 241 g/mol. The third-order valence-corrected chi connectivity index (χ3v) is 2.20. The minimum atomic E-state index is -0.446. The van der Waals surface area contributed by atoms with Gasteiger partial charge in [-0.1, -0.05) is 5.21 Å². The number of nitrogens with zero attached hydrogens (tertiary/aromatic N) is 3. The highest BCUT2D eigenvalue weighted by atomic mass is 16.3. The normalized spacial score (nSPS) is 14.4. The molecule has 4 N–H and O–H groups in total. The molecule has 1 heterocycles. The quantitative estimate of drug-likeness (QED) is 0.600. The van der Waals surface area contributed by atoms with Crippen molar-refractivity contribution in [2.45, 2.75) is 39.0 Å². The second kappa shape index (κ2) is 6.31. The summed E-state index contributed by atoms with van der Waals surface area (Å²) in [4.78, 5) is 11.7. The molecule has 0 bridgehead atoms. The molecule has 0 spiro atoms. The van der Waals surface area contributed by atoms with Crippen LogP contribution in [0.4, 0.5) is 0 Å². The third kappa shape index (κ3) is 4.49. The van der Waals surface area contributed by atoms with Crippen LogP contribution in [0.1, 0.15) is 30.8 Å². The fourth-order valence-corrected chi connectivity index (χ4v) is 1.51. The third-order valence-electron chi connectivity index (χ3n) is 2.20. The van der Waals surface area contributed by atoms with Crippen molar-refractivity contribution in [3.8, 4) is 0 Å². The van der Waals surface area contributed by atoms with Gasteiger partial charge in [-0.25, -0.2) is 0 Å². The highest BCUT2D eigenvalue weighted by molar-refractivity contribution is 5.92. The zero-order valence-corrected chi connectivity index (χ0v) is 10.1. The summed E-state index contributed by atoms with van der Waals surface area (Å²) in [7, 11) is 0. The number of hydrogen-bond donors (Lipinski definition) is 3. The van der Waals surface area contributed by atoms with Crippen LogP contribution in [0, 0.1) is 0 Å². The average Bonchev–Trinajstić information content (AvgIpc) is 2.65. The lowest BCUT2D eigenvalue weighted by molar-refractivity contribution is 0.0918. The Morgan fingerprint density at radius 3 is 2.94 bits per heavy atom. The summed E-state index contributed by atoms with van der Waals surface area (Å²) in [5, 5.41) is 19.4. The Balaban J connectivity index is 2.51. The summed E-state index contributed by atoms with van der Waals surface area (Å²) in [5.74, 6) is -0.290. The molecule has 0 aliphatic rings. The van der Waals surface area contributed by atoms with Crippen LogP contribution in [0.15, 0.2) is 6.20 Å². The van der Waals surface area contributed by atoms with Gasteiger partial charge >= 0.3 is 0 Å². The van der Waals surface area contributed by atoms with Gasteiger partial charge in [0.1, 0.15) is 0 Å². The first-order chi connectivity index (χ1) is 8.02. The number of aromatic nitrogens is 3. The van der Waals surface area contributed by atoms with Crippen LogP contribution in [-0.4, -0.2) is 44.7 Å². The van der Waals surface area contributed by atoms with Gasteiger partial charge in [0.15, 0.2) is 5.69 Å². The molecule has 0 saturated carbocycles. The number of carbonyl (C=O) groups excluding carboxylic acids is 1. The van der Waals surface area contributed by atoms with Gasteiger partial charge in [-0.15, -0.1) is 5.10 Å². The smallest absolute Gasteiger partial charge is 0.273 e. The van der Waals surface area contributed by atoms with E-state index < -0.39 is 6.10 Å². The van der Waals surface area contributed by atoms with Crippen LogP contribution < -0.4 is 11.1 Å². The molecule has 7 nitrogen and oxygen atoms in total. The van der Waals surface area contributed by atoms with Gasteiger partial charge in [-0.2, -0.15) is 0 Å². The lowest BCUT2D eigenvalue weighted by Gasteiger charge is -2.14. The van der Waals surface area contributed by atoms with Crippen molar-refractivity contribution >= 4 is 5.91 Å². The van der Waals surface area contributed by atoms with Crippen LogP contribution in [0.25, 0.3) is 0 Å². The average molecular weight is 241 g/mol. The Morgan fingerprint density at radius 1 is 1.65 bits per heavy atom. The largest absolute Gasteiger partial charge is 0.393 e. The zero-order chi connectivity index (χ0) is 12.8. The molecule has 0 aliphatic carbocycles. The highest BCUT2D eigenvalue weighted by Gasteiger charge is 2.14. The van der Waals surface area contributed by atoms with Crippen molar-refractivity contribution in [3.05, 3.63) is 11.9 Å². The van der Waals surface area contributed by atoms with Crippen molar-refractivity contribution in [2.24, 2.45) is 5.73 Å². The van der Waals surface area contributed by atoms with E-state index in [-0.39, 0.29) is 17.6 Å². The fraction of sp³-hybridized carbons (Fsp3) is 0.700. The first kappa shape index (κ1) is 13.6. The molecular weight excluding hydrogens is 222 g/mol. The first-order valence-corrected chi connectivity index (χ1v) is 5.62. The summed E-state index contributed by atoms with van der Waals surface area (Å²) >= 11 is 0. The van der Waals surface area contributed by atoms with Gasteiger partial charge < -0.3 is 16.2 Å². The van der Waals surface area contributed by atoms with Crippen LogP contribution in [0.2, 0.25) is 0 Å². The van der Waals surface area contributed by atoms with Crippen molar-refractivity contribution in [2.75, 3.05) is 6.54 Å². The Morgan fingerprint density at radius 2 is 2.35 bits per heavy atom. The number of rotatable bonds is 6. The van der Waals surface area contributed by atoms with E-state index >= 15 is 0 Å². The van der Waals surface area contributed by atoms with Gasteiger partial charge in [-0.05, 0) is 20.3 Å². The molecule has 1 rings (SSSR count). The van der Waals surface area contributed by atoms with Crippen molar-refractivity contribution in [3.63, 3.8) is 0 Å². The Labute approximate surface area is 100.0 Å². The SMILES string of the molecule is CC(O)CC(C)NC(=O)c1cn(CCN)nn1. The Hall–Kier alpha value is -1.47. The summed E-state index contributed by atoms with van der Waals surface area (Å²) in [6, 6.07) is -0.109. The molecule has 17 heavy (non-hydrogen) atoms. The van der Waals surface area contributed by atoms with Crippen LogP contribution in [0.3, 0.4) is 0 Å². The van der Waals surface area contributed by atoms with Crippen molar-refractivity contribution < 1.29 is 9.90 Å². The molecule has 2 unspecified atom stereocenters. The summed E-state index contributed by atoms with van der Waals surface area (Å²) < 4.78 is 1.52. The van der Waals surface area contributed by atoms with E-state index in [0.717, 1.165) is 0 Å². The maximum atomic E-state index is 11.7. The predicted molar refractivity (Wildman–Crippen MR) is 62.3 cm³/mol. The van der Waals surface area contributed by atoms with Crippen molar-refractivity contribution in [1.29, 1.82) is 0 Å². The molecule has 1 amide bonds. The van der Waals surface area contributed by atoms with E-state index in [1.54, 1.807) is 13.1 Å². The van der Waals surface area contributed by atoms with Gasteiger partial charge in [0.25, 0.3) is 5.91 Å². The van der Waals surface area contributed by atoms with Gasteiger partial charge in [-0.3, -0.25) is 9.48 Å². The number of hydrogen-bond acceptors (Lipinski definition) is 5. The van der Waals surface area contributed by atoms with E-state index in [9.17, 15) is 9.90 Å². The highest BCUT2D eigenvalue weighted by Crippen LogP contribution is 1.99. The zero-order valence-electron chi connectivity index (χ0n) is 10.1. The molecule has 0 aromatic carbocycles. The van der Waals surface area contributed by atoms with Crippen LogP contribution in [-0.2, 0) is 6.54 Å². The number of aliphatic hydroxyl groups is 1. The summed E-state index contributed by atoms with van der Waals surface area (Å²) in [5.41, 5.74) is 5.62.